The average Bonchev–Trinajstić information content (AvgIpc) is 0.907. The van der Waals surface area contributed by atoms with Gasteiger partial charge in [0.1, 0.15) is 25.4 Å². The number of hydrogen-bond acceptors (Lipinski definition) is 14. The van der Waals surface area contributed by atoms with Crippen LogP contribution in [0.25, 0.3) is 0 Å². The maximum Gasteiger partial charge on any atom is 0.472 e. The second-order valence-corrected chi connectivity index (χ2v) is 30.4. The Morgan fingerprint density at radius 2 is 0.467 bits per heavy atom. The van der Waals surface area contributed by atoms with Crippen LogP contribution in [0.3, 0.4) is 0 Å². The summed E-state index contributed by atoms with van der Waals surface area (Å²) >= 11 is 0. The van der Waals surface area contributed by atoms with Gasteiger partial charge >= 0.3 is 33.6 Å². The van der Waals surface area contributed by atoms with E-state index in [0.29, 0.717) is 19.3 Å². The second-order valence-electron chi connectivity index (χ2n) is 27.5. The quantitative estimate of drug-likeness (QED) is 0.0146. The fourth-order valence-electron chi connectivity index (χ4n) is 11.0. The first kappa shape index (κ1) is 102. The molecule has 4 N–H and O–H groups in total. The number of aliphatic hydroxyl groups excluding tert-OH is 2. The monoisotopic (exact) mass is 1540 g/mol. The van der Waals surface area contributed by atoms with Gasteiger partial charge < -0.3 is 34.2 Å². The lowest BCUT2D eigenvalue weighted by Crippen LogP contribution is -2.30. The van der Waals surface area contributed by atoms with Crippen LogP contribution in [-0.2, 0) is 55.8 Å². The lowest BCUT2D eigenvalue weighted by atomic mass is 10.0. The zero-order chi connectivity index (χ0) is 78.0. The maximum absolute atomic E-state index is 13.0. The molecule has 107 heavy (non-hydrogen) atoms. The summed E-state index contributed by atoms with van der Waals surface area (Å²) in [6.07, 6.45) is 102. The molecule has 0 bridgehead atoms. The van der Waals surface area contributed by atoms with E-state index in [4.69, 9.17) is 32.3 Å². The summed E-state index contributed by atoms with van der Waals surface area (Å²) < 4.78 is 61.2. The van der Waals surface area contributed by atoms with Crippen LogP contribution in [0.5, 0.6) is 0 Å². The van der Waals surface area contributed by atoms with E-state index in [1.165, 1.54) is 103 Å². The lowest BCUT2D eigenvalue weighted by Gasteiger charge is -2.21. The Bertz CT molecular complexity index is 2580. The molecule has 5 atom stereocenters. The lowest BCUT2D eigenvalue weighted by molar-refractivity contribution is -0.161. The number of rotatable bonds is 78. The molecule has 0 aliphatic carbocycles. The van der Waals surface area contributed by atoms with Gasteiger partial charge in [0.25, 0.3) is 0 Å². The minimum atomic E-state index is -4.95. The zero-order valence-electron chi connectivity index (χ0n) is 67.0. The molecule has 16 nitrogen and oxygen atoms in total. The van der Waals surface area contributed by atoms with Crippen molar-refractivity contribution in [3.8, 4) is 0 Å². The highest BCUT2D eigenvalue weighted by molar-refractivity contribution is 7.47. The van der Waals surface area contributed by atoms with Gasteiger partial charge in [0.15, 0.2) is 6.10 Å². The van der Waals surface area contributed by atoms with Crippen LogP contribution in [0.1, 0.15) is 329 Å². The van der Waals surface area contributed by atoms with Crippen LogP contribution in [0.4, 0.5) is 0 Å². The maximum atomic E-state index is 13.0. The minimum Gasteiger partial charge on any atom is -0.463 e. The molecule has 0 spiro atoms. The largest absolute Gasteiger partial charge is 0.472 e. The Balaban J connectivity index is 4.45. The van der Waals surface area contributed by atoms with Crippen molar-refractivity contribution >= 4 is 33.6 Å². The smallest absolute Gasteiger partial charge is 0.463 e. The fourth-order valence-corrected chi connectivity index (χ4v) is 12.6. The van der Waals surface area contributed by atoms with Crippen molar-refractivity contribution in [2.24, 2.45) is 0 Å². The number of unbranched alkanes of at least 4 members (excludes halogenated alkanes) is 29. The Kier molecular flexibility index (Phi) is 77.0. The second kappa shape index (κ2) is 80.7. The molecule has 0 aromatic heterocycles. The molecular weight excluding hydrogens is 1390 g/mol. The fraction of sp³-hybridized carbons (Fsp3) is 0.674. The highest BCUT2D eigenvalue weighted by atomic mass is 31.2. The summed E-state index contributed by atoms with van der Waals surface area (Å²) in [6, 6.07) is 0. The SMILES string of the molecule is CC/C=C\C/C=C\C/C=C\C/C=C\C/C=C\CCCCCCCCCCCCCCCCCCCCCC(=O)OCC(O)COP(=O)(O)OCC(O)COP(=O)(O)OCC(COC(=O)CCCCC/C=C\C/C=C\C/C=C\C/C=C\C/C=C\CC)OC(=O)CCCCCCCCC/C=C\C/C=C\C/C=C\CC. The topological polar surface area (TPSA) is 231 Å². The van der Waals surface area contributed by atoms with Gasteiger partial charge in [-0.05, 0) is 141 Å². The molecule has 0 fully saturated rings. The Labute approximate surface area is 650 Å². The van der Waals surface area contributed by atoms with Crippen LogP contribution in [0, 0.1) is 0 Å². The summed E-state index contributed by atoms with van der Waals surface area (Å²) in [5.41, 5.74) is 0. The van der Waals surface area contributed by atoms with Gasteiger partial charge in [0, 0.05) is 19.3 Å². The number of phosphoric ester groups is 2. The number of carbonyl (C=O) groups is 3. The summed E-state index contributed by atoms with van der Waals surface area (Å²) in [6.45, 7) is 2.31. The van der Waals surface area contributed by atoms with E-state index in [2.05, 4.69) is 179 Å². The van der Waals surface area contributed by atoms with E-state index in [1.807, 2.05) is 0 Å². The molecule has 5 unspecified atom stereocenters. The number of hydrogen-bond donors (Lipinski definition) is 4. The van der Waals surface area contributed by atoms with Gasteiger partial charge in [-0.1, -0.05) is 326 Å². The first-order chi connectivity index (χ1) is 52.2. The van der Waals surface area contributed by atoms with Gasteiger partial charge in [-0.2, -0.15) is 0 Å². The van der Waals surface area contributed by atoms with E-state index in [9.17, 15) is 43.5 Å². The molecule has 0 aromatic carbocycles. The molecule has 0 radical (unpaired) electrons. The molecule has 612 valence electrons. The average molecular weight is 1540 g/mol. The van der Waals surface area contributed by atoms with Crippen molar-refractivity contribution in [1.82, 2.24) is 0 Å². The number of ether oxygens (including phenoxy) is 3. The normalized spacial score (nSPS) is 14.7. The molecule has 0 aromatic rings. The van der Waals surface area contributed by atoms with E-state index in [0.717, 1.165) is 167 Å². The van der Waals surface area contributed by atoms with Crippen molar-refractivity contribution in [3.05, 3.63) is 158 Å². The number of phosphoric acid groups is 2. The third-order valence-electron chi connectivity index (χ3n) is 17.2. The van der Waals surface area contributed by atoms with Crippen molar-refractivity contribution in [2.45, 2.75) is 347 Å². The van der Waals surface area contributed by atoms with Gasteiger partial charge in [0.05, 0.1) is 26.4 Å². The van der Waals surface area contributed by atoms with E-state index < -0.39 is 91.5 Å². The Hall–Kier alpha value is -4.83. The highest BCUT2D eigenvalue weighted by Crippen LogP contribution is 2.45. The molecule has 0 heterocycles. The van der Waals surface area contributed by atoms with Crippen LogP contribution in [0.15, 0.2) is 158 Å². The van der Waals surface area contributed by atoms with Crippen LogP contribution >= 0.6 is 15.6 Å². The summed E-state index contributed by atoms with van der Waals surface area (Å²) in [7, 11) is -9.81. The van der Waals surface area contributed by atoms with Gasteiger partial charge in [-0.25, -0.2) is 9.13 Å². The van der Waals surface area contributed by atoms with Gasteiger partial charge in [0.2, 0.25) is 0 Å². The Morgan fingerprint density at radius 1 is 0.262 bits per heavy atom. The molecular formula is C89H150O16P2. The molecule has 18 heteroatoms. The number of allylic oxidation sites excluding steroid dienone is 26. The van der Waals surface area contributed by atoms with E-state index in [1.54, 1.807) is 0 Å². The van der Waals surface area contributed by atoms with Crippen LogP contribution < -0.4 is 0 Å². The number of carbonyl (C=O) groups excluding carboxylic acids is 3. The summed E-state index contributed by atoms with van der Waals surface area (Å²) in [5.74, 6) is -1.62. The van der Waals surface area contributed by atoms with E-state index >= 15 is 0 Å². The standard InChI is InChI=1S/C89H150O16P2/c1-4-7-10-13-16-19-22-25-28-31-33-34-35-36-37-38-39-40-41-42-43-44-45-46-47-48-50-53-54-57-60-63-66-69-72-75-87(92)99-78-84(90)79-101-106(95,96)102-80-85(91)81-103-107(97,98)104-83-86(105-89(94)77-74-71-68-65-62-59-56-51-30-27-24-21-18-15-12-9-6-3)82-100-88(93)76-73-70-67-64-61-58-55-52-49-32-29-26-23-20-17-14-11-8-5-2/h7-12,16-21,25-30,33-34,36-37,49,52,58,61,84-86,90-91H,4-6,13-15,22-24,31-32,35,38-48,50-51,53-57,59-60,62-83H2,1-3H3,(H,95,96)(H,97,98)/b10-7-,11-8-,12-9-,19-16-,20-17-,21-18-,28-25-,29-26-,30-27-,34-33-,37-36-,52-49-,61-58-. The number of aliphatic hydroxyl groups is 2. The molecule has 0 amide bonds. The summed E-state index contributed by atoms with van der Waals surface area (Å²) in [4.78, 5) is 58.7. The third-order valence-corrected chi connectivity index (χ3v) is 19.1. The van der Waals surface area contributed by atoms with Crippen molar-refractivity contribution < 1.29 is 75.8 Å². The Morgan fingerprint density at radius 3 is 0.748 bits per heavy atom. The molecule has 0 aliphatic heterocycles. The molecule has 0 saturated heterocycles. The van der Waals surface area contributed by atoms with Crippen molar-refractivity contribution in [1.29, 1.82) is 0 Å². The summed E-state index contributed by atoms with van der Waals surface area (Å²) in [5, 5.41) is 20.7. The minimum absolute atomic E-state index is 0.0817. The zero-order valence-corrected chi connectivity index (χ0v) is 68.8. The molecule has 0 rings (SSSR count). The first-order valence-electron chi connectivity index (χ1n) is 41.8. The first-order valence-corrected chi connectivity index (χ1v) is 44.8. The van der Waals surface area contributed by atoms with Gasteiger partial charge in [-0.3, -0.25) is 32.5 Å². The van der Waals surface area contributed by atoms with Gasteiger partial charge in [-0.15, -0.1) is 0 Å². The van der Waals surface area contributed by atoms with E-state index in [-0.39, 0.29) is 19.3 Å². The molecule has 0 saturated carbocycles. The number of esters is 3. The third kappa shape index (κ3) is 82.0. The van der Waals surface area contributed by atoms with Crippen molar-refractivity contribution in [3.63, 3.8) is 0 Å². The predicted molar refractivity (Wildman–Crippen MR) is 445 cm³/mol. The predicted octanol–water partition coefficient (Wildman–Crippen LogP) is 25.0. The highest BCUT2D eigenvalue weighted by Gasteiger charge is 2.29. The molecule has 0 aliphatic rings. The van der Waals surface area contributed by atoms with Crippen molar-refractivity contribution in [2.75, 3.05) is 39.6 Å². The van der Waals surface area contributed by atoms with Crippen LogP contribution in [-0.4, -0.2) is 95.9 Å². The van der Waals surface area contributed by atoms with Crippen LogP contribution in [0.2, 0.25) is 0 Å².